The number of carbonyl (C=O) groups excluding carboxylic acids is 2. The maximum Gasteiger partial charge on any atom is 0.325 e. The molecule has 39 heavy (non-hydrogen) atoms. The monoisotopic (exact) mass is 534 g/mol. The molecule has 8 nitrogen and oxygen atoms in total. The van der Waals surface area contributed by atoms with Crippen molar-refractivity contribution in [1.82, 2.24) is 20.2 Å². The van der Waals surface area contributed by atoms with E-state index in [0.29, 0.717) is 19.0 Å². The van der Waals surface area contributed by atoms with Crippen LogP contribution in [0.1, 0.15) is 52.5 Å². The molecular weight excluding hydrogens is 492 g/mol. The number of ether oxygens (including phenoxy) is 2. The molecular formula is C31H42N4O4. The Morgan fingerprint density at radius 1 is 0.974 bits per heavy atom. The second-order valence-corrected chi connectivity index (χ2v) is 8.86. The van der Waals surface area contributed by atoms with Crippen LogP contribution in [0.2, 0.25) is 0 Å². The number of fused-ring (bicyclic) bond motifs is 1. The number of nitrogens with one attached hydrogen (secondary N) is 2. The molecule has 210 valence electrons. The van der Waals surface area contributed by atoms with Gasteiger partial charge in [-0.1, -0.05) is 75.4 Å². The molecule has 2 heterocycles. The summed E-state index contributed by atoms with van der Waals surface area (Å²) in [5.74, 6) is 1.17. The normalized spacial score (nSPS) is 14.0. The summed E-state index contributed by atoms with van der Waals surface area (Å²) < 4.78 is 10.2. The number of imide groups is 1. The summed E-state index contributed by atoms with van der Waals surface area (Å²) in [6.45, 7) is 9.30. The van der Waals surface area contributed by atoms with E-state index in [9.17, 15) is 9.59 Å². The van der Waals surface area contributed by atoms with Gasteiger partial charge in [-0.05, 0) is 42.3 Å². The Hall–Kier alpha value is -4.17. The van der Waals surface area contributed by atoms with E-state index in [1.807, 2.05) is 107 Å². The van der Waals surface area contributed by atoms with Crippen LogP contribution in [0, 0.1) is 6.92 Å². The van der Waals surface area contributed by atoms with Crippen LogP contribution in [0.15, 0.2) is 78.9 Å². The summed E-state index contributed by atoms with van der Waals surface area (Å²) in [6.07, 6.45) is 0. The van der Waals surface area contributed by atoms with E-state index in [4.69, 9.17) is 9.47 Å². The van der Waals surface area contributed by atoms with Crippen molar-refractivity contribution in [2.24, 2.45) is 0 Å². The van der Waals surface area contributed by atoms with Crippen LogP contribution in [-0.2, 0) is 9.53 Å². The number of aryl methyl sites for hydroxylation is 1. The zero-order valence-corrected chi connectivity index (χ0v) is 23.3. The molecule has 0 unspecified atom stereocenters. The Kier molecular flexibility index (Phi) is 11.1. The van der Waals surface area contributed by atoms with E-state index in [1.165, 1.54) is 4.90 Å². The molecule has 3 amide bonds. The fourth-order valence-corrected chi connectivity index (χ4v) is 4.28. The number of para-hydroxylation sites is 1. The van der Waals surface area contributed by atoms with E-state index in [0.717, 1.165) is 27.9 Å². The van der Waals surface area contributed by atoms with Gasteiger partial charge in [0, 0.05) is 15.9 Å². The van der Waals surface area contributed by atoms with Gasteiger partial charge in [0.25, 0.3) is 5.91 Å². The Bertz CT molecular complexity index is 1320. The second kappa shape index (κ2) is 14.7. The minimum Gasteiger partial charge on any atom is -0.491 e. The third kappa shape index (κ3) is 7.67. The predicted molar refractivity (Wildman–Crippen MR) is 158 cm³/mol. The van der Waals surface area contributed by atoms with Crippen molar-refractivity contribution < 1.29 is 21.9 Å². The first-order valence-corrected chi connectivity index (χ1v) is 13.3. The minimum absolute atomic E-state index is 0. The van der Waals surface area contributed by atoms with E-state index in [1.54, 1.807) is 7.11 Å². The number of benzene rings is 3. The molecule has 4 aromatic rings. The largest absolute Gasteiger partial charge is 0.491 e. The molecule has 3 aromatic carbocycles. The van der Waals surface area contributed by atoms with Crippen molar-refractivity contribution in [2.45, 2.75) is 39.7 Å². The average Bonchev–Trinajstić information content (AvgIpc) is 3.54. The van der Waals surface area contributed by atoms with Crippen molar-refractivity contribution in [3.05, 3.63) is 95.8 Å². The van der Waals surface area contributed by atoms with E-state index in [2.05, 4.69) is 15.3 Å². The lowest BCUT2D eigenvalue weighted by Crippen LogP contribution is -2.38. The number of rotatable bonds is 8. The number of hydrogen-bond donors (Lipinski definition) is 2. The van der Waals surface area contributed by atoms with Crippen LogP contribution in [0.3, 0.4) is 0 Å². The van der Waals surface area contributed by atoms with Crippen molar-refractivity contribution in [3.63, 3.8) is 0 Å². The quantitative estimate of drug-likeness (QED) is 0.199. The zero-order valence-electron chi connectivity index (χ0n) is 23.3. The van der Waals surface area contributed by atoms with E-state index < -0.39 is 6.04 Å². The molecule has 5 rings (SSSR count). The minimum atomic E-state index is -0.500. The first-order chi connectivity index (χ1) is 19.0. The van der Waals surface area contributed by atoms with Crippen LogP contribution in [0.5, 0.6) is 5.75 Å². The summed E-state index contributed by atoms with van der Waals surface area (Å²) in [5.41, 5.74) is 3.89. The smallest absolute Gasteiger partial charge is 0.325 e. The lowest BCUT2D eigenvalue weighted by molar-refractivity contribution is -0.127. The van der Waals surface area contributed by atoms with Gasteiger partial charge < -0.3 is 19.8 Å². The molecule has 1 aliphatic rings. The Morgan fingerprint density at radius 3 is 2.26 bits per heavy atom. The Balaban J connectivity index is 0.000000477. The highest BCUT2D eigenvalue weighted by Gasteiger charge is 2.40. The number of methoxy groups -OCH3 is 1. The van der Waals surface area contributed by atoms with Crippen molar-refractivity contribution in [1.29, 1.82) is 0 Å². The predicted octanol–water partition coefficient (Wildman–Crippen LogP) is 6.50. The number of carbonyl (C=O) groups is 2. The summed E-state index contributed by atoms with van der Waals surface area (Å²) in [7, 11) is 1.66. The average molecular weight is 535 g/mol. The molecule has 0 bridgehead atoms. The molecule has 0 spiro atoms. The van der Waals surface area contributed by atoms with Gasteiger partial charge in [0.1, 0.15) is 24.2 Å². The molecule has 1 saturated heterocycles. The highest BCUT2D eigenvalue weighted by molar-refractivity contribution is 6.02. The van der Waals surface area contributed by atoms with Crippen molar-refractivity contribution in [2.75, 3.05) is 26.9 Å². The third-order valence-corrected chi connectivity index (χ3v) is 6.19. The van der Waals surface area contributed by atoms with Gasteiger partial charge in [0.15, 0.2) is 0 Å². The molecule has 8 heteroatoms. The summed E-state index contributed by atoms with van der Waals surface area (Å²) >= 11 is 0. The molecule has 0 radical (unpaired) electrons. The van der Waals surface area contributed by atoms with Gasteiger partial charge in [-0.2, -0.15) is 0 Å². The van der Waals surface area contributed by atoms with Crippen LogP contribution in [0.25, 0.3) is 11.0 Å². The summed E-state index contributed by atoms with van der Waals surface area (Å²) in [5, 5.41) is 2.61. The SMILES string of the molecule is CC.COCCOc1ccccc1.Cc1ccc2nc([C@H]([C@@H](C)c3ccccc3)N3C(=O)CNC3=O)[nH]c2c1.[HH].[HH]. The Labute approximate surface area is 233 Å². The van der Waals surface area contributed by atoms with Crippen molar-refractivity contribution >= 4 is 23.0 Å². The molecule has 2 atom stereocenters. The highest BCUT2D eigenvalue weighted by Crippen LogP contribution is 2.36. The van der Waals surface area contributed by atoms with Crippen molar-refractivity contribution in [3.8, 4) is 5.75 Å². The number of aromatic amines is 1. The lowest BCUT2D eigenvalue weighted by Gasteiger charge is -2.29. The van der Waals surface area contributed by atoms with Crippen LogP contribution in [0.4, 0.5) is 4.79 Å². The zero-order chi connectivity index (χ0) is 28.2. The standard InChI is InChI=1S/C20H20N4O2.C9H12O2.C2H6.2H2/c1-12-8-9-15-16(10-12)23-19(22-15)18(24-17(25)11-21-20(24)26)13(2)14-6-4-3-5-7-14;1-10-7-8-11-9-5-3-2-4-6-9;1-2;;/h3-10,13,18H,11H2,1-2H3,(H,21,26)(H,22,23);2-6H,7-8H2,1H3;1-2H3;2*1H/t13-,18-;;;;/m0..../s1. The third-order valence-electron chi connectivity index (χ3n) is 6.19. The number of hydrogen-bond acceptors (Lipinski definition) is 5. The second-order valence-electron chi connectivity index (χ2n) is 8.86. The first-order valence-electron chi connectivity index (χ1n) is 13.3. The van der Waals surface area contributed by atoms with Gasteiger partial charge >= 0.3 is 6.03 Å². The van der Waals surface area contributed by atoms with E-state index >= 15 is 0 Å². The molecule has 1 aliphatic heterocycles. The van der Waals surface area contributed by atoms with Gasteiger partial charge in [0.05, 0.1) is 24.2 Å². The molecule has 0 aliphatic carbocycles. The van der Waals surface area contributed by atoms with Gasteiger partial charge in [-0.15, -0.1) is 0 Å². The number of amides is 3. The number of H-pyrrole nitrogens is 1. The Morgan fingerprint density at radius 2 is 1.64 bits per heavy atom. The molecule has 2 N–H and O–H groups in total. The fraction of sp³-hybridized carbons (Fsp3) is 0.323. The van der Waals surface area contributed by atoms with Crippen LogP contribution in [-0.4, -0.2) is 53.7 Å². The molecule has 1 fully saturated rings. The number of aromatic nitrogens is 2. The van der Waals surface area contributed by atoms with Crippen LogP contribution < -0.4 is 10.1 Å². The number of imidazole rings is 1. The maximum atomic E-state index is 12.4. The number of nitrogens with zero attached hydrogens (tertiary/aromatic N) is 2. The molecule has 0 saturated carbocycles. The maximum absolute atomic E-state index is 12.4. The lowest BCUT2D eigenvalue weighted by atomic mass is 9.91. The molecule has 1 aromatic heterocycles. The van der Waals surface area contributed by atoms with Gasteiger partial charge in [-0.3, -0.25) is 9.69 Å². The summed E-state index contributed by atoms with van der Waals surface area (Å²) in [6, 6.07) is 24.7. The first kappa shape index (κ1) is 29.4. The highest BCUT2D eigenvalue weighted by atomic mass is 16.5. The fourth-order valence-electron chi connectivity index (χ4n) is 4.28. The van der Waals surface area contributed by atoms with E-state index in [-0.39, 0.29) is 27.3 Å². The number of urea groups is 1. The van der Waals surface area contributed by atoms with Gasteiger partial charge in [0.2, 0.25) is 0 Å². The van der Waals surface area contributed by atoms with Gasteiger partial charge in [-0.25, -0.2) is 9.78 Å². The van der Waals surface area contributed by atoms with Crippen LogP contribution >= 0.6 is 0 Å². The summed E-state index contributed by atoms with van der Waals surface area (Å²) in [4.78, 5) is 34.1. The topological polar surface area (TPSA) is 96.6 Å².